The molecule has 1 heterocycles. The lowest BCUT2D eigenvalue weighted by Gasteiger charge is -2.02. The predicted molar refractivity (Wildman–Crippen MR) is 77.2 cm³/mol. The second-order valence-electron chi connectivity index (χ2n) is 4.61. The molecule has 1 aromatic heterocycles. The zero-order chi connectivity index (χ0) is 14.8. The van der Waals surface area contributed by atoms with E-state index in [1.807, 2.05) is 36.4 Å². The standard InChI is InChI=1S/C15H11N3O3/c19-14(10-17-8-7-15(16-17)18(20)21)13-6-5-11-3-1-2-4-12(11)9-13/h1-9H,10H2. The van der Waals surface area contributed by atoms with E-state index in [9.17, 15) is 14.9 Å². The molecule has 0 saturated heterocycles. The Bertz CT molecular complexity index is 839. The molecule has 3 rings (SSSR count). The lowest BCUT2D eigenvalue weighted by atomic mass is 10.0. The van der Waals surface area contributed by atoms with E-state index >= 15 is 0 Å². The third kappa shape index (κ3) is 2.64. The molecule has 0 bridgehead atoms. The van der Waals surface area contributed by atoms with Crippen LogP contribution >= 0.6 is 0 Å². The van der Waals surface area contributed by atoms with Crippen molar-refractivity contribution in [3.8, 4) is 0 Å². The van der Waals surface area contributed by atoms with Crippen molar-refractivity contribution in [3.63, 3.8) is 0 Å². The fourth-order valence-electron chi connectivity index (χ4n) is 2.14. The first-order valence-electron chi connectivity index (χ1n) is 6.33. The molecule has 0 aliphatic heterocycles. The van der Waals surface area contributed by atoms with Crippen molar-refractivity contribution >= 4 is 22.4 Å². The van der Waals surface area contributed by atoms with Crippen molar-refractivity contribution in [2.75, 3.05) is 0 Å². The summed E-state index contributed by atoms with van der Waals surface area (Å²) in [5.74, 6) is -0.403. The Hall–Kier alpha value is -3.02. The summed E-state index contributed by atoms with van der Waals surface area (Å²) in [4.78, 5) is 22.2. The summed E-state index contributed by atoms with van der Waals surface area (Å²) in [6.45, 7) is -0.0216. The van der Waals surface area contributed by atoms with Crippen LogP contribution in [0.2, 0.25) is 0 Å². The van der Waals surface area contributed by atoms with Gasteiger partial charge in [-0.1, -0.05) is 36.4 Å². The molecule has 0 amide bonds. The van der Waals surface area contributed by atoms with Crippen molar-refractivity contribution in [1.82, 2.24) is 9.78 Å². The number of nitro groups is 1. The van der Waals surface area contributed by atoms with Gasteiger partial charge in [0.2, 0.25) is 0 Å². The molecule has 0 N–H and O–H groups in total. The van der Waals surface area contributed by atoms with Crippen LogP contribution in [0.1, 0.15) is 10.4 Å². The summed E-state index contributed by atoms with van der Waals surface area (Å²) in [5, 5.41) is 16.3. The van der Waals surface area contributed by atoms with Crippen LogP contribution in [0.3, 0.4) is 0 Å². The number of fused-ring (bicyclic) bond motifs is 1. The number of benzene rings is 2. The third-order valence-electron chi connectivity index (χ3n) is 3.19. The number of ketones is 1. The van der Waals surface area contributed by atoms with Gasteiger partial charge in [0.25, 0.3) is 0 Å². The molecule has 21 heavy (non-hydrogen) atoms. The molecule has 2 aromatic carbocycles. The fraction of sp³-hybridized carbons (Fsp3) is 0.0667. The quantitative estimate of drug-likeness (QED) is 0.418. The van der Waals surface area contributed by atoms with Crippen molar-refractivity contribution in [1.29, 1.82) is 0 Å². The molecule has 3 aromatic rings. The van der Waals surface area contributed by atoms with E-state index in [4.69, 9.17) is 0 Å². The number of hydrogen-bond donors (Lipinski definition) is 0. The third-order valence-corrected chi connectivity index (χ3v) is 3.19. The first kappa shape index (κ1) is 13.0. The van der Waals surface area contributed by atoms with Gasteiger partial charge in [-0.15, -0.1) is 0 Å². The second-order valence-corrected chi connectivity index (χ2v) is 4.61. The molecule has 0 aliphatic carbocycles. The summed E-state index contributed by atoms with van der Waals surface area (Å²) in [6, 6.07) is 14.5. The topological polar surface area (TPSA) is 78.0 Å². The van der Waals surface area contributed by atoms with Gasteiger partial charge >= 0.3 is 5.82 Å². The summed E-state index contributed by atoms with van der Waals surface area (Å²) in [6.07, 6.45) is 1.43. The highest BCUT2D eigenvalue weighted by atomic mass is 16.6. The average Bonchev–Trinajstić information content (AvgIpc) is 2.95. The van der Waals surface area contributed by atoms with Crippen LogP contribution < -0.4 is 0 Å². The SMILES string of the molecule is O=C(Cn1ccc([N+](=O)[O-])n1)c1ccc2ccccc2c1. The van der Waals surface area contributed by atoms with E-state index in [1.165, 1.54) is 16.9 Å². The Kier molecular flexibility index (Phi) is 3.19. The smallest absolute Gasteiger partial charge is 0.358 e. The molecule has 0 atom stereocenters. The van der Waals surface area contributed by atoms with Crippen LogP contribution in [0.5, 0.6) is 0 Å². The zero-order valence-corrected chi connectivity index (χ0v) is 11.0. The highest BCUT2D eigenvalue weighted by molar-refractivity contribution is 5.99. The van der Waals surface area contributed by atoms with Crippen LogP contribution in [0, 0.1) is 10.1 Å². The highest BCUT2D eigenvalue weighted by Crippen LogP contribution is 2.16. The number of aromatic nitrogens is 2. The van der Waals surface area contributed by atoms with E-state index in [0.29, 0.717) is 5.56 Å². The first-order valence-corrected chi connectivity index (χ1v) is 6.33. The first-order chi connectivity index (χ1) is 10.1. The van der Waals surface area contributed by atoms with Crippen LogP contribution in [0.4, 0.5) is 5.82 Å². The summed E-state index contributed by atoms with van der Waals surface area (Å²) in [5.41, 5.74) is 0.562. The number of carbonyl (C=O) groups excluding carboxylic acids is 1. The maximum atomic E-state index is 12.2. The monoisotopic (exact) mass is 281 g/mol. The van der Waals surface area contributed by atoms with Crippen molar-refractivity contribution in [2.24, 2.45) is 0 Å². The second kappa shape index (κ2) is 5.16. The van der Waals surface area contributed by atoms with Gasteiger partial charge in [-0.3, -0.25) is 4.79 Å². The molecule has 6 nitrogen and oxygen atoms in total. The van der Waals surface area contributed by atoms with Crippen molar-refractivity contribution in [3.05, 3.63) is 70.4 Å². The van der Waals surface area contributed by atoms with Crippen molar-refractivity contribution < 1.29 is 9.72 Å². The molecular formula is C15H11N3O3. The number of hydrogen-bond acceptors (Lipinski definition) is 4. The number of carbonyl (C=O) groups is 1. The van der Waals surface area contributed by atoms with E-state index < -0.39 is 4.92 Å². The van der Waals surface area contributed by atoms with E-state index in [0.717, 1.165) is 10.8 Å². The van der Waals surface area contributed by atoms with E-state index in [2.05, 4.69) is 5.10 Å². The molecule has 0 radical (unpaired) electrons. The average molecular weight is 281 g/mol. The maximum Gasteiger partial charge on any atom is 0.389 e. The number of nitrogens with zero attached hydrogens (tertiary/aromatic N) is 3. The van der Waals surface area contributed by atoms with Gasteiger partial charge in [0.05, 0.1) is 17.4 Å². The summed E-state index contributed by atoms with van der Waals surface area (Å²) >= 11 is 0. The molecule has 0 saturated carbocycles. The molecule has 6 heteroatoms. The van der Waals surface area contributed by atoms with Gasteiger partial charge in [-0.25, -0.2) is 0 Å². The van der Waals surface area contributed by atoms with Crippen LogP contribution in [0.25, 0.3) is 10.8 Å². The molecule has 0 unspecified atom stereocenters. The Labute approximate surface area is 119 Å². The molecule has 104 valence electrons. The van der Waals surface area contributed by atoms with Crippen LogP contribution in [-0.4, -0.2) is 20.5 Å². The minimum absolute atomic E-state index is 0.0216. The molecule has 0 fully saturated rings. The Balaban J connectivity index is 1.84. The fourth-order valence-corrected chi connectivity index (χ4v) is 2.14. The Morgan fingerprint density at radius 1 is 1.14 bits per heavy atom. The molecular weight excluding hydrogens is 270 g/mol. The molecule has 0 spiro atoms. The highest BCUT2D eigenvalue weighted by Gasteiger charge is 2.14. The van der Waals surface area contributed by atoms with Gasteiger partial charge in [0.1, 0.15) is 6.54 Å². The lowest BCUT2D eigenvalue weighted by Crippen LogP contribution is -2.11. The summed E-state index contributed by atoms with van der Waals surface area (Å²) in [7, 11) is 0. The predicted octanol–water partition coefficient (Wildman–Crippen LogP) is 2.83. The Morgan fingerprint density at radius 3 is 2.62 bits per heavy atom. The molecule has 0 aliphatic rings. The number of Topliss-reactive ketones (excluding diaryl/α,β-unsaturated/α-hetero) is 1. The van der Waals surface area contributed by atoms with Gasteiger partial charge < -0.3 is 10.1 Å². The van der Waals surface area contributed by atoms with E-state index in [-0.39, 0.29) is 18.1 Å². The lowest BCUT2D eigenvalue weighted by molar-refractivity contribution is -0.389. The van der Waals surface area contributed by atoms with Gasteiger partial charge in [-0.2, -0.15) is 4.68 Å². The maximum absolute atomic E-state index is 12.2. The van der Waals surface area contributed by atoms with E-state index in [1.54, 1.807) is 6.07 Å². The largest absolute Gasteiger partial charge is 0.389 e. The minimum Gasteiger partial charge on any atom is -0.358 e. The van der Waals surface area contributed by atoms with Crippen LogP contribution in [-0.2, 0) is 6.54 Å². The van der Waals surface area contributed by atoms with Crippen LogP contribution in [0.15, 0.2) is 54.7 Å². The zero-order valence-electron chi connectivity index (χ0n) is 11.0. The van der Waals surface area contributed by atoms with Gasteiger partial charge in [-0.05, 0) is 21.8 Å². The normalized spacial score (nSPS) is 10.7. The number of rotatable bonds is 4. The minimum atomic E-state index is -0.586. The van der Waals surface area contributed by atoms with Gasteiger partial charge in [0.15, 0.2) is 5.78 Å². The van der Waals surface area contributed by atoms with Gasteiger partial charge in [0, 0.05) is 5.56 Å². The summed E-state index contributed by atoms with van der Waals surface area (Å²) < 4.78 is 1.27. The van der Waals surface area contributed by atoms with Crippen molar-refractivity contribution in [2.45, 2.75) is 6.54 Å². The Morgan fingerprint density at radius 2 is 1.90 bits per heavy atom.